The van der Waals surface area contributed by atoms with Gasteiger partial charge >= 0.3 is 0 Å². The molecule has 0 saturated heterocycles. The standard InChI is InChI=1S/C28H23NO6/c1-16-10-12-19(13-11-16)29-24(17-6-4-8-20(14-17)33-2)23(26(31)28(29)32)25(30)22-15-18-7-5-9-21(34-3)27(18)35-22/h4-15,24,31H,1-3H3. The third kappa shape index (κ3) is 3.71. The SMILES string of the molecule is COc1cccc(C2C(C(=O)c3cc4cccc(OC)c4o3)=C(O)C(=O)N2c2ccc(C)cc2)c1. The van der Waals surface area contributed by atoms with Crippen molar-refractivity contribution in [1.29, 1.82) is 0 Å². The van der Waals surface area contributed by atoms with Gasteiger partial charge in [0.05, 0.1) is 25.8 Å². The number of aryl methyl sites for hydroxylation is 1. The number of nitrogens with zero attached hydrogens (tertiary/aromatic N) is 1. The van der Waals surface area contributed by atoms with Crippen molar-refractivity contribution in [2.45, 2.75) is 13.0 Å². The van der Waals surface area contributed by atoms with Gasteiger partial charge in [-0.15, -0.1) is 0 Å². The maximum Gasteiger partial charge on any atom is 0.294 e. The Morgan fingerprint density at radius 3 is 2.43 bits per heavy atom. The maximum atomic E-state index is 13.8. The van der Waals surface area contributed by atoms with E-state index in [-0.39, 0.29) is 11.3 Å². The van der Waals surface area contributed by atoms with E-state index in [1.165, 1.54) is 19.1 Å². The van der Waals surface area contributed by atoms with E-state index < -0.39 is 23.5 Å². The molecule has 176 valence electrons. The Labute approximate surface area is 201 Å². The number of benzene rings is 3. The van der Waals surface area contributed by atoms with E-state index in [0.717, 1.165) is 5.56 Å². The molecule has 1 aliphatic rings. The summed E-state index contributed by atoms with van der Waals surface area (Å²) >= 11 is 0. The monoisotopic (exact) mass is 469 g/mol. The highest BCUT2D eigenvalue weighted by atomic mass is 16.5. The molecule has 1 unspecified atom stereocenters. The van der Waals surface area contributed by atoms with Gasteiger partial charge in [-0.2, -0.15) is 0 Å². The first-order valence-corrected chi connectivity index (χ1v) is 11.0. The van der Waals surface area contributed by atoms with Crippen molar-refractivity contribution in [2.24, 2.45) is 0 Å². The summed E-state index contributed by atoms with van der Waals surface area (Å²) in [5.74, 6) is -0.832. The lowest BCUT2D eigenvalue weighted by molar-refractivity contribution is -0.117. The Kier molecular flexibility index (Phi) is 5.53. The van der Waals surface area contributed by atoms with Crippen LogP contribution in [0.4, 0.5) is 5.69 Å². The van der Waals surface area contributed by atoms with Crippen LogP contribution in [0.25, 0.3) is 11.0 Å². The van der Waals surface area contributed by atoms with E-state index in [1.807, 2.05) is 19.1 Å². The number of rotatable bonds is 6. The predicted molar refractivity (Wildman–Crippen MR) is 131 cm³/mol. The molecule has 1 aliphatic heterocycles. The number of carbonyl (C=O) groups excluding carboxylic acids is 2. The Hall–Kier alpha value is -4.52. The van der Waals surface area contributed by atoms with Gasteiger partial charge in [-0.3, -0.25) is 14.5 Å². The summed E-state index contributed by atoms with van der Waals surface area (Å²) in [5, 5.41) is 11.7. The van der Waals surface area contributed by atoms with Crippen LogP contribution in [0.5, 0.6) is 11.5 Å². The number of amides is 1. The number of hydrogen-bond acceptors (Lipinski definition) is 6. The lowest BCUT2D eigenvalue weighted by atomic mass is 9.94. The second-order valence-electron chi connectivity index (χ2n) is 8.27. The molecular weight excluding hydrogens is 446 g/mol. The number of ether oxygens (including phenoxy) is 2. The molecule has 0 aliphatic carbocycles. The van der Waals surface area contributed by atoms with Gasteiger partial charge in [0.25, 0.3) is 5.91 Å². The van der Waals surface area contributed by atoms with Crippen molar-refractivity contribution in [1.82, 2.24) is 0 Å². The molecule has 2 heterocycles. The van der Waals surface area contributed by atoms with Crippen molar-refractivity contribution >= 4 is 28.3 Å². The highest BCUT2D eigenvalue weighted by molar-refractivity contribution is 6.20. The third-order valence-corrected chi connectivity index (χ3v) is 6.13. The van der Waals surface area contributed by atoms with Gasteiger partial charge in [0.1, 0.15) is 5.75 Å². The number of carbonyl (C=O) groups is 2. The number of furan rings is 1. The van der Waals surface area contributed by atoms with Gasteiger partial charge in [-0.25, -0.2) is 0 Å². The van der Waals surface area contributed by atoms with Gasteiger partial charge in [0.15, 0.2) is 22.9 Å². The largest absolute Gasteiger partial charge is 0.503 e. The average molecular weight is 469 g/mol. The predicted octanol–water partition coefficient (Wildman–Crippen LogP) is 5.54. The smallest absolute Gasteiger partial charge is 0.294 e. The average Bonchev–Trinajstić information content (AvgIpc) is 3.43. The Balaban J connectivity index is 1.67. The second-order valence-corrected chi connectivity index (χ2v) is 8.27. The van der Waals surface area contributed by atoms with Crippen LogP contribution in [0.15, 0.2) is 88.5 Å². The first-order chi connectivity index (χ1) is 16.9. The zero-order valence-electron chi connectivity index (χ0n) is 19.4. The zero-order valence-corrected chi connectivity index (χ0v) is 19.4. The molecule has 0 bridgehead atoms. The van der Waals surface area contributed by atoms with Crippen LogP contribution in [-0.4, -0.2) is 31.0 Å². The summed E-state index contributed by atoms with van der Waals surface area (Å²) in [6, 6.07) is 20.4. The van der Waals surface area contributed by atoms with Crippen LogP contribution in [0.3, 0.4) is 0 Å². The molecule has 5 rings (SSSR count). The van der Waals surface area contributed by atoms with E-state index in [4.69, 9.17) is 13.9 Å². The van der Waals surface area contributed by atoms with Crippen LogP contribution < -0.4 is 14.4 Å². The van der Waals surface area contributed by atoms with Gasteiger partial charge in [-0.1, -0.05) is 42.0 Å². The number of para-hydroxylation sites is 1. The number of methoxy groups -OCH3 is 2. The minimum atomic E-state index is -0.886. The summed E-state index contributed by atoms with van der Waals surface area (Å²) < 4.78 is 16.6. The van der Waals surface area contributed by atoms with Crippen LogP contribution >= 0.6 is 0 Å². The second kappa shape index (κ2) is 8.68. The zero-order chi connectivity index (χ0) is 24.7. The molecule has 35 heavy (non-hydrogen) atoms. The van der Waals surface area contributed by atoms with Gasteiger partial charge in [0, 0.05) is 11.1 Å². The lowest BCUT2D eigenvalue weighted by Crippen LogP contribution is -2.31. The Morgan fingerprint density at radius 1 is 0.971 bits per heavy atom. The molecule has 1 N–H and O–H groups in total. The van der Waals surface area contributed by atoms with Crippen molar-refractivity contribution in [3.63, 3.8) is 0 Å². The quantitative estimate of drug-likeness (QED) is 0.373. The normalized spacial score (nSPS) is 15.7. The van der Waals surface area contributed by atoms with E-state index in [9.17, 15) is 14.7 Å². The topological polar surface area (TPSA) is 89.2 Å². The molecule has 0 saturated carbocycles. The Bertz CT molecular complexity index is 1480. The van der Waals surface area contributed by atoms with E-state index in [2.05, 4.69) is 0 Å². The molecule has 0 fully saturated rings. The first-order valence-electron chi connectivity index (χ1n) is 11.0. The van der Waals surface area contributed by atoms with Crippen molar-refractivity contribution in [3.05, 3.63) is 101 Å². The van der Waals surface area contributed by atoms with Crippen LogP contribution in [0.1, 0.15) is 27.7 Å². The Morgan fingerprint density at radius 2 is 1.71 bits per heavy atom. The number of anilines is 1. The minimum Gasteiger partial charge on any atom is -0.503 e. The number of aliphatic hydroxyl groups excluding tert-OH is 1. The van der Waals surface area contributed by atoms with Crippen LogP contribution in [0, 0.1) is 6.92 Å². The third-order valence-electron chi connectivity index (χ3n) is 6.13. The van der Waals surface area contributed by atoms with Crippen molar-refractivity contribution in [2.75, 3.05) is 19.1 Å². The summed E-state index contributed by atoms with van der Waals surface area (Å²) in [6.45, 7) is 1.94. The summed E-state index contributed by atoms with van der Waals surface area (Å²) in [5.41, 5.74) is 2.52. The molecule has 1 amide bonds. The molecule has 1 aromatic heterocycles. The molecule has 0 spiro atoms. The fourth-order valence-corrected chi connectivity index (χ4v) is 4.38. The maximum absolute atomic E-state index is 13.8. The molecule has 7 nitrogen and oxygen atoms in total. The molecular formula is C28H23NO6. The summed E-state index contributed by atoms with van der Waals surface area (Å²) in [7, 11) is 3.05. The number of hydrogen-bond donors (Lipinski definition) is 1. The minimum absolute atomic E-state index is 0.00231. The van der Waals surface area contributed by atoms with E-state index in [0.29, 0.717) is 33.7 Å². The molecule has 0 radical (unpaired) electrons. The summed E-state index contributed by atoms with van der Waals surface area (Å²) in [6.07, 6.45) is 0. The molecule has 1 atom stereocenters. The molecule has 7 heteroatoms. The van der Waals surface area contributed by atoms with Crippen LogP contribution in [-0.2, 0) is 4.79 Å². The van der Waals surface area contributed by atoms with Crippen LogP contribution in [0.2, 0.25) is 0 Å². The summed E-state index contributed by atoms with van der Waals surface area (Å²) in [4.78, 5) is 28.5. The highest BCUT2D eigenvalue weighted by Crippen LogP contribution is 2.43. The van der Waals surface area contributed by atoms with Gasteiger partial charge in [0.2, 0.25) is 5.78 Å². The van der Waals surface area contributed by atoms with Crippen molar-refractivity contribution < 1.29 is 28.6 Å². The lowest BCUT2D eigenvalue weighted by Gasteiger charge is -2.27. The fourth-order valence-electron chi connectivity index (χ4n) is 4.38. The highest BCUT2D eigenvalue weighted by Gasteiger charge is 2.45. The van der Waals surface area contributed by atoms with E-state index >= 15 is 0 Å². The van der Waals surface area contributed by atoms with Gasteiger partial charge in [-0.05, 0) is 48.9 Å². The van der Waals surface area contributed by atoms with Gasteiger partial charge < -0.3 is 19.0 Å². The first kappa shape index (κ1) is 22.3. The molecule has 3 aromatic carbocycles. The molecule has 4 aromatic rings. The number of fused-ring (bicyclic) bond motifs is 1. The van der Waals surface area contributed by atoms with Crippen molar-refractivity contribution in [3.8, 4) is 11.5 Å². The number of ketones is 1. The van der Waals surface area contributed by atoms with E-state index in [1.54, 1.807) is 60.7 Å². The number of Topliss-reactive ketones (excluding diaryl/α,β-unsaturated/α-hetero) is 1. The fraction of sp³-hybridized carbons (Fsp3) is 0.143. The number of aliphatic hydroxyl groups is 1.